The smallest absolute Gasteiger partial charge is 0.289 e. The van der Waals surface area contributed by atoms with E-state index in [0.717, 1.165) is 45.2 Å². The van der Waals surface area contributed by atoms with Crippen LogP contribution < -0.4 is 10.2 Å². The number of nitrogens with one attached hydrogen (secondary N) is 1. The Bertz CT molecular complexity index is 1100. The van der Waals surface area contributed by atoms with Gasteiger partial charge in [0.15, 0.2) is 5.76 Å². The molecule has 2 fully saturated rings. The number of carbonyl (C=O) groups excluding carboxylic acids is 2. The molecule has 6 nitrogen and oxygen atoms in total. The number of amides is 2. The summed E-state index contributed by atoms with van der Waals surface area (Å²) in [4.78, 5) is 30.1. The number of fused-ring (bicyclic) bond motifs is 1. The van der Waals surface area contributed by atoms with Gasteiger partial charge in [-0.15, -0.1) is 0 Å². The molecule has 1 heterocycles. The Kier molecular flexibility index (Phi) is 8.62. The molecule has 0 spiro atoms. The summed E-state index contributed by atoms with van der Waals surface area (Å²) in [5, 5.41) is 2.98. The van der Waals surface area contributed by atoms with E-state index >= 15 is 0 Å². The van der Waals surface area contributed by atoms with E-state index in [4.69, 9.17) is 4.74 Å². The van der Waals surface area contributed by atoms with Gasteiger partial charge in [0.25, 0.3) is 5.91 Å². The van der Waals surface area contributed by atoms with Gasteiger partial charge in [-0.3, -0.25) is 9.59 Å². The fraction of sp³-hybridized carbons (Fsp3) is 0.448. The minimum absolute atomic E-state index is 0.0205. The van der Waals surface area contributed by atoms with Crippen molar-refractivity contribution in [3.8, 4) is 0 Å². The van der Waals surface area contributed by atoms with Crippen molar-refractivity contribution >= 4 is 23.6 Å². The van der Waals surface area contributed by atoms with Gasteiger partial charge in [0.1, 0.15) is 18.5 Å². The van der Waals surface area contributed by atoms with Gasteiger partial charge in [-0.2, -0.15) is 0 Å². The molecule has 1 saturated carbocycles. The summed E-state index contributed by atoms with van der Waals surface area (Å²) < 4.78 is 20.2. The molecule has 1 N–H and O–H groups in total. The predicted octanol–water partition coefficient (Wildman–Crippen LogP) is 4.68. The van der Waals surface area contributed by atoms with E-state index in [1.807, 2.05) is 0 Å². The molecule has 1 aliphatic carbocycles. The van der Waals surface area contributed by atoms with Crippen molar-refractivity contribution in [1.82, 2.24) is 10.2 Å². The molecule has 0 aromatic heterocycles. The van der Waals surface area contributed by atoms with E-state index in [-0.39, 0.29) is 36.3 Å². The molecule has 0 radical (unpaired) electrons. The van der Waals surface area contributed by atoms with E-state index in [1.54, 1.807) is 23.1 Å². The first-order chi connectivity index (χ1) is 17.5. The second-order valence-corrected chi connectivity index (χ2v) is 9.59. The summed E-state index contributed by atoms with van der Waals surface area (Å²) >= 11 is 0. The summed E-state index contributed by atoms with van der Waals surface area (Å²) in [5.41, 5.74) is 2.70. The first kappa shape index (κ1) is 25.7. The lowest BCUT2D eigenvalue weighted by atomic mass is 9.89. The van der Waals surface area contributed by atoms with Crippen LogP contribution in [0.15, 0.2) is 54.3 Å². The topological polar surface area (TPSA) is 61.9 Å². The number of carbonyl (C=O) groups is 2. The number of aryl methyl sites for hydroxylation is 1. The normalized spacial score (nSPS) is 20.6. The van der Waals surface area contributed by atoms with Gasteiger partial charge in [-0.1, -0.05) is 36.8 Å². The zero-order chi connectivity index (χ0) is 25.5. The highest BCUT2D eigenvalue weighted by atomic mass is 19.1. The number of rotatable bonds is 9. The molecular formula is C29H36FN3O3. The van der Waals surface area contributed by atoms with Gasteiger partial charge in [0, 0.05) is 30.9 Å². The molecule has 2 aromatic carbocycles. The fourth-order valence-electron chi connectivity index (χ4n) is 5.10. The number of benzene rings is 2. The summed E-state index contributed by atoms with van der Waals surface area (Å²) in [6.45, 7) is 6.44. The van der Waals surface area contributed by atoms with E-state index in [1.165, 1.54) is 23.4 Å². The lowest BCUT2D eigenvalue weighted by Crippen LogP contribution is -2.57. The second-order valence-electron chi connectivity index (χ2n) is 9.59. The maximum atomic E-state index is 14.2. The second kappa shape index (κ2) is 12.1. The number of morpholine rings is 1. The molecule has 4 rings (SSSR count). The Labute approximate surface area is 213 Å². The first-order valence-corrected chi connectivity index (χ1v) is 13.0. The van der Waals surface area contributed by atoms with Gasteiger partial charge in [-0.25, -0.2) is 4.39 Å². The van der Waals surface area contributed by atoms with Crippen LogP contribution in [0.5, 0.6) is 0 Å². The van der Waals surface area contributed by atoms with Gasteiger partial charge >= 0.3 is 0 Å². The SMILES string of the molecule is CCN(CCCNC(=O)CN1C(=O)/C(=C\c2ccccc2F)OC2CCCCC21)c1cccc(C)c1. The molecule has 1 aliphatic heterocycles. The Hall–Kier alpha value is -3.35. The Morgan fingerprint density at radius 1 is 1.19 bits per heavy atom. The van der Waals surface area contributed by atoms with Crippen molar-refractivity contribution in [2.45, 2.75) is 58.1 Å². The van der Waals surface area contributed by atoms with Gasteiger partial charge in [0.2, 0.25) is 5.91 Å². The Morgan fingerprint density at radius 2 is 2.00 bits per heavy atom. The maximum Gasteiger partial charge on any atom is 0.289 e. The van der Waals surface area contributed by atoms with E-state index in [0.29, 0.717) is 12.1 Å². The largest absolute Gasteiger partial charge is 0.482 e. The molecule has 2 aliphatic rings. The maximum absolute atomic E-state index is 14.2. The van der Waals surface area contributed by atoms with Crippen LogP contribution in [0.1, 0.15) is 50.2 Å². The molecule has 0 bridgehead atoms. The molecule has 36 heavy (non-hydrogen) atoms. The average molecular weight is 494 g/mol. The third kappa shape index (κ3) is 6.25. The van der Waals surface area contributed by atoms with Crippen LogP contribution in [-0.4, -0.2) is 55.0 Å². The number of ether oxygens (including phenoxy) is 1. The predicted molar refractivity (Wildman–Crippen MR) is 140 cm³/mol. The lowest BCUT2D eigenvalue weighted by Gasteiger charge is -2.44. The zero-order valence-electron chi connectivity index (χ0n) is 21.2. The zero-order valence-corrected chi connectivity index (χ0v) is 21.2. The molecular weight excluding hydrogens is 457 g/mol. The highest BCUT2D eigenvalue weighted by molar-refractivity contribution is 5.98. The van der Waals surface area contributed by atoms with Crippen molar-refractivity contribution < 1.29 is 18.7 Å². The van der Waals surface area contributed by atoms with Crippen LogP contribution in [-0.2, 0) is 14.3 Å². The first-order valence-electron chi connectivity index (χ1n) is 13.0. The highest BCUT2D eigenvalue weighted by Crippen LogP contribution is 2.33. The van der Waals surface area contributed by atoms with Crippen molar-refractivity contribution in [3.05, 3.63) is 71.2 Å². The van der Waals surface area contributed by atoms with Crippen LogP contribution in [0, 0.1) is 12.7 Å². The minimum atomic E-state index is -0.414. The molecule has 192 valence electrons. The van der Waals surface area contributed by atoms with Crippen LogP contribution >= 0.6 is 0 Å². The quantitative estimate of drug-likeness (QED) is 0.407. The Balaban J connectivity index is 1.36. The number of halogens is 1. The monoisotopic (exact) mass is 493 g/mol. The van der Waals surface area contributed by atoms with Gasteiger partial charge in [0.05, 0.1) is 6.04 Å². The summed E-state index contributed by atoms with van der Waals surface area (Å²) in [7, 11) is 0. The Morgan fingerprint density at radius 3 is 2.78 bits per heavy atom. The summed E-state index contributed by atoms with van der Waals surface area (Å²) in [5.74, 6) is -0.845. The van der Waals surface area contributed by atoms with Crippen molar-refractivity contribution in [3.63, 3.8) is 0 Å². The van der Waals surface area contributed by atoms with Crippen LogP contribution in [0.3, 0.4) is 0 Å². The minimum Gasteiger partial charge on any atom is -0.482 e. The molecule has 2 amide bonds. The number of hydrogen-bond donors (Lipinski definition) is 1. The van der Waals surface area contributed by atoms with Crippen molar-refractivity contribution in [2.24, 2.45) is 0 Å². The third-order valence-electron chi connectivity index (χ3n) is 7.00. The van der Waals surface area contributed by atoms with E-state index in [2.05, 4.69) is 48.3 Å². The molecule has 7 heteroatoms. The fourth-order valence-corrected chi connectivity index (χ4v) is 5.10. The molecule has 2 aromatic rings. The number of hydrogen-bond acceptors (Lipinski definition) is 4. The van der Waals surface area contributed by atoms with E-state index in [9.17, 15) is 14.0 Å². The van der Waals surface area contributed by atoms with Crippen LogP contribution in [0.25, 0.3) is 6.08 Å². The van der Waals surface area contributed by atoms with Crippen LogP contribution in [0.2, 0.25) is 0 Å². The molecule has 1 saturated heterocycles. The number of nitrogens with zero attached hydrogens (tertiary/aromatic N) is 2. The van der Waals surface area contributed by atoms with Gasteiger partial charge < -0.3 is 19.9 Å². The van der Waals surface area contributed by atoms with Crippen LogP contribution in [0.4, 0.5) is 10.1 Å². The molecule has 2 atom stereocenters. The van der Waals surface area contributed by atoms with Gasteiger partial charge in [-0.05, 0) is 69.4 Å². The molecule has 2 unspecified atom stereocenters. The standard InChI is InChI=1S/C29H36FN3O3/c1-3-32(23-12-8-10-21(2)18-23)17-9-16-31-28(34)20-33-25-14-6-7-15-26(25)36-27(29(33)35)19-22-11-4-5-13-24(22)30/h4-5,8,10-13,18-19,25-26H,3,6-7,9,14-17,20H2,1-2H3,(H,31,34)/b27-19+. The van der Waals surface area contributed by atoms with Crippen molar-refractivity contribution in [1.29, 1.82) is 0 Å². The highest BCUT2D eigenvalue weighted by Gasteiger charge is 2.42. The summed E-state index contributed by atoms with van der Waals surface area (Å²) in [6, 6.07) is 14.6. The number of anilines is 1. The lowest BCUT2D eigenvalue weighted by molar-refractivity contribution is -0.151. The third-order valence-corrected chi connectivity index (χ3v) is 7.00. The summed E-state index contributed by atoms with van der Waals surface area (Å²) in [6.07, 6.45) is 5.71. The van der Waals surface area contributed by atoms with E-state index < -0.39 is 5.82 Å². The van der Waals surface area contributed by atoms with Crippen molar-refractivity contribution in [2.75, 3.05) is 31.1 Å². The average Bonchev–Trinajstić information content (AvgIpc) is 2.88.